The van der Waals surface area contributed by atoms with Crippen molar-refractivity contribution in [1.29, 1.82) is 0 Å². The summed E-state index contributed by atoms with van der Waals surface area (Å²) in [5, 5.41) is 0.647. The van der Waals surface area contributed by atoms with E-state index in [1.165, 1.54) is 0 Å². The fourth-order valence-electron chi connectivity index (χ4n) is 2.08. The van der Waals surface area contributed by atoms with Gasteiger partial charge in [-0.05, 0) is 31.9 Å². The highest BCUT2D eigenvalue weighted by Crippen LogP contribution is 2.23. The Labute approximate surface area is 95.3 Å². The Morgan fingerprint density at radius 2 is 1.94 bits per heavy atom. The number of aromatic nitrogens is 1. The Bertz CT molecular complexity index is 532. The van der Waals surface area contributed by atoms with E-state index in [9.17, 15) is 4.39 Å². The Kier molecular flexibility index (Phi) is 2.90. The van der Waals surface area contributed by atoms with Crippen LogP contribution in [0.4, 0.5) is 4.39 Å². The highest BCUT2D eigenvalue weighted by atomic mass is 19.1. The van der Waals surface area contributed by atoms with Crippen LogP contribution in [0.5, 0.6) is 0 Å². The smallest absolute Gasteiger partial charge is 0.137 e. The first-order chi connectivity index (χ1) is 7.67. The first kappa shape index (κ1) is 11.1. The summed E-state index contributed by atoms with van der Waals surface area (Å²) < 4.78 is 14.3. The Balaban J connectivity index is 2.82. The molecule has 0 radical (unpaired) electrons. The fourth-order valence-corrected chi connectivity index (χ4v) is 2.08. The number of hydrogen-bond acceptors (Lipinski definition) is 1. The lowest BCUT2D eigenvalue weighted by molar-refractivity contribution is 0.618. The average Bonchev–Trinajstić information content (AvgIpc) is 2.29. The van der Waals surface area contributed by atoms with Crippen LogP contribution in [0.2, 0.25) is 0 Å². The first-order valence-electron chi connectivity index (χ1n) is 5.75. The fraction of sp³-hybridized carbons (Fsp3) is 0.357. The molecule has 0 aliphatic carbocycles. The number of fused-ring (bicyclic) bond motifs is 1. The minimum atomic E-state index is -0.0898. The number of aryl methyl sites for hydroxylation is 2. The Hall–Kier alpha value is -1.44. The molecule has 0 unspecified atom stereocenters. The molecule has 0 spiro atoms. The van der Waals surface area contributed by atoms with E-state index in [4.69, 9.17) is 0 Å². The molecule has 1 aromatic carbocycles. The molecule has 0 N–H and O–H groups in total. The zero-order valence-electron chi connectivity index (χ0n) is 9.97. The summed E-state index contributed by atoms with van der Waals surface area (Å²) in [6.07, 6.45) is 1.48. The van der Waals surface area contributed by atoms with Gasteiger partial charge in [0.05, 0.1) is 5.52 Å². The van der Waals surface area contributed by atoms with Crippen LogP contribution in [0.3, 0.4) is 0 Å². The second-order valence-corrected chi connectivity index (χ2v) is 4.08. The van der Waals surface area contributed by atoms with Crippen molar-refractivity contribution in [2.45, 2.75) is 33.6 Å². The molecule has 0 bridgehead atoms. The number of halogens is 1. The van der Waals surface area contributed by atoms with Crippen LogP contribution in [0.1, 0.15) is 30.7 Å². The number of pyridine rings is 1. The number of hydrogen-bond donors (Lipinski definition) is 0. The van der Waals surface area contributed by atoms with Gasteiger partial charge in [-0.2, -0.15) is 0 Å². The average molecular weight is 217 g/mol. The van der Waals surface area contributed by atoms with Crippen LogP contribution in [0, 0.1) is 12.7 Å². The van der Waals surface area contributed by atoms with Gasteiger partial charge in [-0.1, -0.05) is 25.5 Å². The van der Waals surface area contributed by atoms with Crippen molar-refractivity contribution in [3.05, 3.63) is 40.8 Å². The molecule has 2 rings (SSSR count). The van der Waals surface area contributed by atoms with E-state index >= 15 is 0 Å². The molecule has 84 valence electrons. The molecule has 2 aromatic rings. The van der Waals surface area contributed by atoms with E-state index in [1.807, 2.05) is 39.0 Å². The van der Waals surface area contributed by atoms with Gasteiger partial charge in [0.1, 0.15) is 5.82 Å². The van der Waals surface area contributed by atoms with Crippen molar-refractivity contribution in [2.75, 3.05) is 0 Å². The lowest BCUT2D eigenvalue weighted by Gasteiger charge is -2.10. The molecule has 1 aromatic heterocycles. The molecular formula is C14H16FN. The van der Waals surface area contributed by atoms with Crippen molar-refractivity contribution in [3.63, 3.8) is 0 Å². The van der Waals surface area contributed by atoms with E-state index in [1.54, 1.807) is 0 Å². The maximum absolute atomic E-state index is 14.3. The van der Waals surface area contributed by atoms with Gasteiger partial charge in [-0.3, -0.25) is 4.98 Å². The summed E-state index contributed by atoms with van der Waals surface area (Å²) in [6.45, 7) is 5.96. The molecule has 1 heterocycles. The van der Waals surface area contributed by atoms with Gasteiger partial charge in [0, 0.05) is 16.6 Å². The summed E-state index contributed by atoms with van der Waals surface area (Å²) in [6, 6.07) is 5.74. The highest BCUT2D eigenvalue weighted by Gasteiger charge is 2.12. The van der Waals surface area contributed by atoms with Crippen LogP contribution >= 0.6 is 0 Å². The van der Waals surface area contributed by atoms with Gasteiger partial charge in [-0.15, -0.1) is 0 Å². The third kappa shape index (κ3) is 1.69. The van der Waals surface area contributed by atoms with Crippen molar-refractivity contribution in [3.8, 4) is 0 Å². The number of rotatable bonds is 2. The minimum absolute atomic E-state index is 0.0898. The van der Waals surface area contributed by atoms with E-state index in [-0.39, 0.29) is 5.82 Å². The quantitative estimate of drug-likeness (QED) is 0.745. The molecule has 0 amide bonds. The molecule has 0 saturated carbocycles. The third-order valence-electron chi connectivity index (χ3n) is 2.95. The van der Waals surface area contributed by atoms with Crippen LogP contribution in [-0.2, 0) is 12.8 Å². The summed E-state index contributed by atoms with van der Waals surface area (Å²) in [5.41, 5.74) is 3.48. The van der Waals surface area contributed by atoms with Crippen molar-refractivity contribution < 1.29 is 4.39 Å². The largest absolute Gasteiger partial charge is 0.252 e. The number of benzene rings is 1. The molecule has 2 heteroatoms. The number of nitrogens with zero attached hydrogens (tertiary/aromatic N) is 1. The van der Waals surface area contributed by atoms with Crippen LogP contribution in [0.15, 0.2) is 18.2 Å². The van der Waals surface area contributed by atoms with Gasteiger partial charge in [0.25, 0.3) is 0 Å². The first-order valence-corrected chi connectivity index (χ1v) is 5.75. The zero-order chi connectivity index (χ0) is 11.7. The van der Waals surface area contributed by atoms with E-state index in [0.29, 0.717) is 11.8 Å². The molecule has 0 fully saturated rings. The standard InChI is InChI=1S/C14H16FN/c1-4-10-12(5-2)16-13-7-6-9(3)8-11(13)14(10)15/h6-8H,4-5H2,1-3H3. The summed E-state index contributed by atoms with van der Waals surface area (Å²) in [4.78, 5) is 4.53. The summed E-state index contributed by atoms with van der Waals surface area (Å²) in [7, 11) is 0. The molecule has 0 aliphatic rings. The molecule has 0 saturated heterocycles. The zero-order valence-corrected chi connectivity index (χ0v) is 9.97. The second kappa shape index (κ2) is 4.20. The van der Waals surface area contributed by atoms with Crippen LogP contribution in [0.25, 0.3) is 10.9 Å². The van der Waals surface area contributed by atoms with Gasteiger partial charge in [0.15, 0.2) is 0 Å². The highest BCUT2D eigenvalue weighted by molar-refractivity contribution is 5.81. The van der Waals surface area contributed by atoms with Gasteiger partial charge < -0.3 is 0 Å². The maximum atomic E-state index is 14.3. The molecular weight excluding hydrogens is 201 g/mol. The molecule has 16 heavy (non-hydrogen) atoms. The molecule has 0 aliphatic heterocycles. The minimum Gasteiger partial charge on any atom is -0.252 e. The summed E-state index contributed by atoms with van der Waals surface area (Å²) in [5.74, 6) is -0.0898. The maximum Gasteiger partial charge on any atom is 0.137 e. The summed E-state index contributed by atoms with van der Waals surface area (Å²) >= 11 is 0. The predicted octanol–water partition coefficient (Wildman–Crippen LogP) is 3.81. The molecule has 1 nitrogen and oxygen atoms in total. The van der Waals surface area contributed by atoms with Crippen LogP contribution in [-0.4, -0.2) is 4.98 Å². The van der Waals surface area contributed by atoms with Gasteiger partial charge in [0.2, 0.25) is 0 Å². The predicted molar refractivity (Wildman–Crippen MR) is 65.2 cm³/mol. The van der Waals surface area contributed by atoms with Crippen LogP contribution < -0.4 is 0 Å². The Morgan fingerprint density at radius 1 is 1.19 bits per heavy atom. The second-order valence-electron chi connectivity index (χ2n) is 4.08. The third-order valence-corrected chi connectivity index (χ3v) is 2.95. The topological polar surface area (TPSA) is 12.9 Å². The lowest BCUT2D eigenvalue weighted by Crippen LogP contribution is -2.01. The van der Waals surface area contributed by atoms with E-state index in [2.05, 4.69) is 4.98 Å². The van der Waals surface area contributed by atoms with Crippen molar-refractivity contribution >= 4 is 10.9 Å². The van der Waals surface area contributed by atoms with Gasteiger partial charge in [-0.25, -0.2) is 4.39 Å². The van der Waals surface area contributed by atoms with E-state index in [0.717, 1.165) is 28.8 Å². The lowest BCUT2D eigenvalue weighted by atomic mass is 10.0. The van der Waals surface area contributed by atoms with E-state index < -0.39 is 0 Å². The van der Waals surface area contributed by atoms with Crippen molar-refractivity contribution in [1.82, 2.24) is 4.98 Å². The van der Waals surface area contributed by atoms with Crippen molar-refractivity contribution in [2.24, 2.45) is 0 Å². The molecule has 0 atom stereocenters. The Morgan fingerprint density at radius 3 is 2.56 bits per heavy atom. The SMILES string of the molecule is CCc1nc2ccc(C)cc2c(F)c1CC. The monoisotopic (exact) mass is 217 g/mol. The normalized spacial score (nSPS) is 11.0. The van der Waals surface area contributed by atoms with Gasteiger partial charge >= 0.3 is 0 Å².